The number of hydrogen-bond donors (Lipinski definition) is 0. The Hall–Kier alpha value is -1.68. The topological polar surface area (TPSA) is 26.3 Å². The minimum Gasteiger partial charge on any atom is -0.465 e. The molecule has 20 heavy (non-hydrogen) atoms. The summed E-state index contributed by atoms with van der Waals surface area (Å²) in [5.41, 5.74) is 1.60. The number of benzene rings is 2. The van der Waals surface area contributed by atoms with Crippen molar-refractivity contribution in [3.63, 3.8) is 0 Å². The van der Waals surface area contributed by atoms with Crippen LogP contribution in [0.3, 0.4) is 0 Å². The summed E-state index contributed by atoms with van der Waals surface area (Å²) in [5.74, 6) is -1.18. The van der Waals surface area contributed by atoms with Crippen molar-refractivity contribution < 1.29 is 13.9 Å². The molecule has 2 nitrogen and oxygen atoms in total. The molecule has 0 spiro atoms. The van der Waals surface area contributed by atoms with E-state index in [1.165, 1.54) is 7.11 Å². The highest BCUT2D eigenvalue weighted by atomic mass is 79.9. The maximum atomic E-state index is 14.3. The third-order valence-electron chi connectivity index (χ3n) is 3.09. The normalized spacial score (nSPS) is 10.3. The van der Waals surface area contributed by atoms with E-state index in [2.05, 4.69) is 20.7 Å². The van der Waals surface area contributed by atoms with E-state index >= 15 is 0 Å². The van der Waals surface area contributed by atoms with Gasteiger partial charge in [0.1, 0.15) is 11.4 Å². The van der Waals surface area contributed by atoms with E-state index in [1.54, 1.807) is 12.1 Å². The van der Waals surface area contributed by atoms with Crippen molar-refractivity contribution in [3.05, 3.63) is 69.4 Å². The number of ether oxygens (including phenoxy) is 1. The Labute approximate surface area is 125 Å². The minimum atomic E-state index is -0.670. The predicted octanol–water partition coefficient (Wildman–Crippen LogP) is 4.16. The average Bonchev–Trinajstić information content (AvgIpc) is 2.47. The summed E-state index contributed by atoms with van der Waals surface area (Å²) >= 11 is 3.18. The van der Waals surface area contributed by atoms with E-state index in [-0.39, 0.29) is 5.56 Å². The van der Waals surface area contributed by atoms with Crippen LogP contribution in [0, 0.1) is 5.82 Å². The van der Waals surface area contributed by atoms with E-state index in [0.717, 1.165) is 12.0 Å². The van der Waals surface area contributed by atoms with Crippen molar-refractivity contribution in [3.8, 4) is 0 Å². The van der Waals surface area contributed by atoms with Crippen LogP contribution in [0.1, 0.15) is 21.5 Å². The molecule has 0 amide bonds. The molecule has 2 aromatic rings. The lowest BCUT2D eigenvalue weighted by Gasteiger charge is -2.09. The molecule has 104 valence electrons. The van der Waals surface area contributed by atoms with Crippen LogP contribution < -0.4 is 0 Å². The van der Waals surface area contributed by atoms with Crippen LogP contribution in [0.5, 0.6) is 0 Å². The van der Waals surface area contributed by atoms with Crippen molar-refractivity contribution >= 4 is 21.9 Å². The average molecular weight is 337 g/mol. The fraction of sp³-hybridized carbons (Fsp3) is 0.188. The van der Waals surface area contributed by atoms with Crippen LogP contribution in [0.4, 0.5) is 4.39 Å². The van der Waals surface area contributed by atoms with Gasteiger partial charge in [0.25, 0.3) is 0 Å². The highest BCUT2D eigenvalue weighted by molar-refractivity contribution is 9.10. The second-order valence-electron chi connectivity index (χ2n) is 4.37. The largest absolute Gasteiger partial charge is 0.465 e. The Morgan fingerprint density at radius 3 is 2.50 bits per heavy atom. The molecular weight excluding hydrogens is 323 g/mol. The van der Waals surface area contributed by atoms with Gasteiger partial charge in [-0.2, -0.15) is 0 Å². The highest BCUT2D eigenvalue weighted by Crippen LogP contribution is 2.24. The Morgan fingerprint density at radius 2 is 1.85 bits per heavy atom. The van der Waals surface area contributed by atoms with Crippen molar-refractivity contribution in [2.75, 3.05) is 7.11 Å². The zero-order chi connectivity index (χ0) is 14.5. The molecule has 0 fully saturated rings. The Morgan fingerprint density at radius 1 is 1.15 bits per heavy atom. The molecule has 0 atom stereocenters. The van der Waals surface area contributed by atoms with Crippen molar-refractivity contribution in [2.45, 2.75) is 12.8 Å². The molecule has 0 aromatic heterocycles. The van der Waals surface area contributed by atoms with Gasteiger partial charge in [-0.1, -0.05) is 36.4 Å². The lowest BCUT2D eigenvalue weighted by molar-refractivity contribution is 0.0594. The standard InChI is InChI=1S/C16H14BrFO2/c1-20-16(19)14-13(17)10-9-12(15(14)18)8-7-11-5-3-2-4-6-11/h2-6,9-10H,7-8H2,1H3. The van der Waals surface area contributed by atoms with Gasteiger partial charge in [0, 0.05) is 4.47 Å². The highest BCUT2D eigenvalue weighted by Gasteiger charge is 2.19. The fourth-order valence-electron chi connectivity index (χ4n) is 2.00. The molecule has 0 bridgehead atoms. The van der Waals surface area contributed by atoms with Gasteiger partial charge in [0.15, 0.2) is 0 Å². The maximum absolute atomic E-state index is 14.3. The summed E-state index contributed by atoms with van der Waals surface area (Å²) in [6.07, 6.45) is 1.26. The van der Waals surface area contributed by atoms with Crippen LogP contribution in [0.15, 0.2) is 46.9 Å². The number of esters is 1. The molecule has 0 aliphatic carbocycles. The van der Waals surface area contributed by atoms with Crippen LogP contribution in [-0.4, -0.2) is 13.1 Å². The zero-order valence-electron chi connectivity index (χ0n) is 11.0. The molecular formula is C16H14BrFO2. The number of halogens is 2. The van der Waals surface area contributed by atoms with Crippen LogP contribution >= 0.6 is 15.9 Å². The van der Waals surface area contributed by atoms with E-state index < -0.39 is 11.8 Å². The quantitative estimate of drug-likeness (QED) is 0.783. The monoisotopic (exact) mass is 336 g/mol. The first-order valence-corrected chi connectivity index (χ1v) is 7.02. The van der Waals surface area contributed by atoms with Gasteiger partial charge in [-0.05, 0) is 46.0 Å². The fourth-order valence-corrected chi connectivity index (χ4v) is 2.47. The molecule has 0 aliphatic rings. The predicted molar refractivity (Wildman–Crippen MR) is 79.3 cm³/mol. The van der Waals surface area contributed by atoms with Gasteiger partial charge in [-0.3, -0.25) is 0 Å². The maximum Gasteiger partial charge on any atom is 0.342 e. The smallest absolute Gasteiger partial charge is 0.342 e. The molecule has 0 N–H and O–H groups in total. The van der Waals surface area contributed by atoms with E-state index in [1.807, 2.05) is 30.3 Å². The number of methoxy groups -OCH3 is 1. The minimum absolute atomic E-state index is 0.0435. The van der Waals surface area contributed by atoms with Gasteiger partial charge in [-0.25, -0.2) is 9.18 Å². The molecule has 0 aliphatic heterocycles. The van der Waals surface area contributed by atoms with Crippen LogP contribution in [0.2, 0.25) is 0 Å². The summed E-state index contributed by atoms with van der Waals surface area (Å²) < 4.78 is 19.4. The molecule has 0 saturated heterocycles. The van der Waals surface area contributed by atoms with Crippen molar-refractivity contribution in [2.24, 2.45) is 0 Å². The first kappa shape index (κ1) is 14.7. The second kappa shape index (κ2) is 6.66. The summed E-state index contributed by atoms with van der Waals surface area (Å²) in [7, 11) is 1.24. The molecule has 2 aromatic carbocycles. The number of carbonyl (C=O) groups excluding carboxylic acids is 1. The Balaban J connectivity index is 2.23. The molecule has 2 rings (SSSR count). The van der Waals surface area contributed by atoms with Crippen LogP contribution in [-0.2, 0) is 17.6 Å². The van der Waals surface area contributed by atoms with E-state index in [0.29, 0.717) is 16.5 Å². The number of carbonyl (C=O) groups is 1. The summed E-state index contributed by atoms with van der Waals surface area (Å²) in [6, 6.07) is 13.2. The van der Waals surface area contributed by atoms with Gasteiger partial charge < -0.3 is 4.74 Å². The molecule has 0 saturated carbocycles. The Bertz CT molecular complexity index is 611. The molecule has 0 unspecified atom stereocenters. The lowest BCUT2D eigenvalue weighted by Crippen LogP contribution is -2.08. The first-order valence-electron chi connectivity index (χ1n) is 6.22. The van der Waals surface area contributed by atoms with Gasteiger partial charge in [0.05, 0.1) is 7.11 Å². The third kappa shape index (κ3) is 3.25. The van der Waals surface area contributed by atoms with Crippen molar-refractivity contribution in [1.82, 2.24) is 0 Å². The van der Waals surface area contributed by atoms with E-state index in [4.69, 9.17) is 0 Å². The van der Waals surface area contributed by atoms with Gasteiger partial charge in [0.2, 0.25) is 0 Å². The molecule has 4 heteroatoms. The summed E-state index contributed by atoms with van der Waals surface area (Å²) in [4.78, 5) is 11.6. The molecule has 0 radical (unpaired) electrons. The first-order chi connectivity index (χ1) is 9.63. The zero-order valence-corrected chi connectivity index (χ0v) is 12.6. The SMILES string of the molecule is COC(=O)c1c(Br)ccc(CCc2ccccc2)c1F. The van der Waals surface area contributed by atoms with E-state index in [9.17, 15) is 9.18 Å². The number of hydrogen-bond acceptors (Lipinski definition) is 2. The summed E-state index contributed by atoms with van der Waals surface area (Å²) in [6.45, 7) is 0. The van der Waals surface area contributed by atoms with Gasteiger partial charge in [-0.15, -0.1) is 0 Å². The second-order valence-corrected chi connectivity index (χ2v) is 5.23. The lowest BCUT2D eigenvalue weighted by atomic mass is 10.0. The van der Waals surface area contributed by atoms with Gasteiger partial charge >= 0.3 is 5.97 Å². The number of aryl methyl sites for hydroxylation is 2. The summed E-state index contributed by atoms with van der Waals surface area (Å²) in [5, 5.41) is 0. The Kier molecular flexibility index (Phi) is 4.90. The van der Waals surface area contributed by atoms with Crippen LogP contribution in [0.25, 0.3) is 0 Å². The molecule has 0 heterocycles. The number of rotatable bonds is 4. The van der Waals surface area contributed by atoms with Crippen molar-refractivity contribution in [1.29, 1.82) is 0 Å². The third-order valence-corrected chi connectivity index (χ3v) is 3.75.